The molecule has 0 aromatic heterocycles. The lowest BCUT2D eigenvalue weighted by atomic mass is 9.88. The largest absolute Gasteiger partial charge is 0.457 e. The van der Waals surface area contributed by atoms with Crippen LogP contribution >= 0.6 is 0 Å². The zero-order valence-corrected chi connectivity index (χ0v) is 35.0. The molecule has 13 atom stereocenters. The van der Waals surface area contributed by atoms with Crippen LogP contribution in [0.4, 0.5) is 0 Å². The summed E-state index contributed by atoms with van der Waals surface area (Å²) in [5, 5.41) is 0. The van der Waals surface area contributed by atoms with Gasteiger partial charge in [-0.1, -0.05) is 52.0 Å². The SMILES string of the molecule is CCOC(C)OC1CCC(C)(OC(C)OCC)C(OC(C)=O)C=CC(C)C(C(C)=CC=CC(C)CC2OC2C(C)C(CC)OC(C)OCC)OC(=O)C1. The van der Waals surface area contributed by atoms with Crippen molar-refractivity contribution in [2.75, 3.05) is 19.8 Å². The van der Waals surface area contributed by atoms with Gasteiger partial charge in [0.1, 0.15) is 17.8 Å². The number of ether oxygens (including phenoxy) is 9. The molecule has 0 aliphatic carbocycles. The zero-order valence-electron chi connectivity index (χ0n) is 35.0. The van der Waals surface area contributed by atoms with Crippen molar-refractivity contribution in [1.82, 2.24) is 0 Å². The quantitative estimate of drug-likeness (QED) is 0.0371. The maximum atomic E-state index is 13.5. The Morgan fingerprint density at radius 2 is 1.60 bits per heavy atom. The highest BCUT2D eigenvalue weighted by Gasteiger charge is 2.46. The van der Waals surface area contributed by atoms with Crippen molar-refractivity contribution in [2.24, 2.45) is 17.8 Å². The molecular formula is C42H72O11. The molecule has 2 rings (SSSR count). The molecule has 2 aliphatic heterocycles. The molecular weight excluding hydrogens is 680 g/mol. The molecule has 11 nitrogen and oxygen atoms in total. The number of rotatable bonds is 21. The van der Waals surface area contributed by atoms with Gasteiger partial charge in [0.05, 0.1) is 30.8 Å². The van der Waals surface area contributed by atoms with E-state index >= 15 is 0 Å². The molecule has 13 unspecified atom stereocenters. The molecule has 0 bridgehead atoms. The van der Waals surface area contributed by atoms with Crippen molar-refractivity contribution >= 4 is 11.9 Å². The number of hydrogen-bond donors (Lipinski definition) is 0. The molecule has 1 fully saturated rings. The van der Waals surface area contributed by atoms with Gasteiger partial charge in [-0.05, 0) is 98.6 Å². The van der Waals surface area contributed by atoms with Gasteiger partial charge in [0, 0.05) is 38.6 Å². The predicted octanol–water partition coefficient (Wildman–Crippen LogP) is 8.24. The third-order valence-corrected chi connectivity index (χ3v) is 9.95. The first-order valence-electron chi connectivity index (χ1n) is 20.0. The predicted molar refractivity (Wildman–Crippen MR) is 205 cm³/mol. The molecule has 0 radical (unpaired) electrons. The van der Waals surface area contributed by atoms with E-state index in [1.807, 2.05) is 86.6 Å². The minimum absolute atomic E-state index is 0.0231. The lowest BCUT2D eigenvalue weighted by Crippen LogP contribution is -2.47. The number of cyclic esters (lactones) is 1. The Bertz CT molecular complexity index is 1170. The molecule has 11 heteroatoms. The summed E-state index contributed by atoms with van der Waals surface area (Å²) < 4.78 is 53.9. The molecule has 0 aromatic rings. The monoisotopic (exact) mass is 753 g/mol. The van der Waals surface area contributed by atoms with E-state index in [-0.39, 0.29) is 54.7 Å². The standard InChI is InChI=1S/C42H72O11/c1-14-36(50-33(11)46-16-3)30(8)41-37(51-41)25-27(5)19-18-20-28(6)40-29(7)21-22-38(48-31(9)43)42(13,53-34(12)47-17-4)24-23-35(26-39(44)52-40)49-32(10)45-15-2/h18-22,27,29-30,32-38,40-41H,14-17,23-26H2,1-13H3. The van der Waals surface area contributed by atoms with E-state index in [2.05, 4.69) is 26.8 Å². The summed E-state index contributed by atoms with van der Waals surface area (Å²) >= 11 is 0. The van der Waals surface area contributed by atoms with Gasteiger partial charge in [0.25, 0.3) is 0 Å². The molecule has 2 aliphatic rings. The van der Waals surface area contributed by atoms with E-state index < -0.39 is 42.5 Å². The van der Waals surface area contributed by atoms with Crippen LogP contribution in [0.1, 0.15) is 122 Å². The minimum atomic E-state index is -0.982. The van der Waals surface area contributed by atoms with Crippen molar-refractivity contribution < 1.29 is 52.2 Å². The number of hydrogen-bond acceptors (Lipinski definition) is 11. The number of esters is 2. The smallest absolute Gasteiger partial charge is 0.309 e. The van der Waals surface area contributed by atoms with Gasteiger partial charge in [-0.2, -0.15) is 0 Å². The summed E-state index contributed by atoms with van der Waals surface area (Å²) in [5.74, 6) is -0.516. The van der Waals surface area contributed by atoms with Crippen LogP contribution in [-0.4, -0.2) is 92.9 Å². The summed E-state index contributed by atoms with van der Waals surface area (Å²) in [6, 6.07) is 0. The summed E-state index contributed by atoms with van der Waals surface area (Å²) in [6.07, 6.45) is 9.88. The van der Waals surface area contributed by atoms with Crippen molar-refractivity contribution in [2.45, 2.75) is 183 Å². The first-order valence-corrected chi connectivity index (χ1v) is 20.0. The van der Waals surface area contributed by atoms with Gasteiger partial charge in [-0.15, -0.1) is 0 Å². The van der Waals surface area contributed by atoms with E-state index in [0.29, 0.717) is 32.7 Å². The molecule has 0 spiro atoms. The number of allylic oxidation sites excluding steroid dienone is 3. The Kier molecular flexibility index (Phi) is 21.1. The molecule has 0 amide bonds. The second kappa shape index (κ2) is 23.7. The summed E-state index contributed by atoms with van der Waals surface area (Å²) in [7, 11) is 0. The Morgan fingerprint density at radius 1 is 0.962 bits per heavy atom. The summed E-state index contributed by atoms with van der Waals surface area (Å²) in [5.41, 5.74) is -0.103. The fourth-order valence-electron chi connectivity index (χ4n) is 7.11. The van der Waals surface area contributed by atoms with E-state index in [4.69, 9.17) is 42.6 Å². The normalized spacial score (nSPS) is 30.7. The summed E-state index contributed by atoms with van der Waals surface area (Å²) in [6.45, 7) is 26.6. The topological polar surface area (TPSA) is 121 Å². The second-order valence-corrected chi connectivity index (χ2v) is 14.8. The van der Waals surface area contributed by atoms with Crippen molar-refractivity contribution in [3.8, 4) is 0 Å². The molecule has 0 N–H and O–H groups in total. The third kappa shape index (κ3) is 16.6. The van der Waals surface area contributed by atoms with Crippen LogP contribution in [0.2, 0.25) is 0 Å². The molecule has 1 saturated heterocycles. The van der Waals surface area contributed by atoms with Crippen LogP contribution in [0, 0.1) is 17.8 Å². The number of carbonyl (C=O) groups excluding carboxylic acids is 2. The van der Waals surface area contributed by atoms with E-state index in [0.717, 1.165) is 18.4 Å². The van der Waals surface area contributed by atoms with Gasteiger partial charge < -0.3 is 42.6 Å². The third-order valence-electron chi connectivity index (χ3n) is 9.95. The highest BCUT2D eigenvalue weighted by atomic mass is 16.7. The molecule has 2 heterocycles. The van der Waals surface area contributed by atoms with Crippen LogP contribution in [0.25, 0.3) is 0 Å². The maximum Gasteiger partial charge on any atom is 0.309 e. The van der Waals surface area contributed by atoms with Crippen molar-refractivity contribution in [1.29, 1.82) is 0 Å². The lowest BCUT2D eigenvalue weighted by molar-refractivity contribution is -0.230. The Morgan fingerprint density at radius 3 is 2.23 bits per heavy atom. The fraction of sp³-hybridized carbons (Fsp3) is 0.810. The van der Waals surface area contributed by atoms with Gasteiger partial charge >= 0.3 is 11.9 Å². The van der Waals surface area contributed by atoms with Crippen LogP contribution in [0.5, 0.6) is 0 Å². The van der Waals surface area contributed by atoms with Crippen LogP contribution < -0.4 is 0 Å². The van der Waals surface area contributed by atoms with Crippen LogP contribution in [-0.2, 0) is 52.2 Å². The minimum Gasteiger partial charge on any atom is -0.457 e. The highest BCUT2D eigenvalue weighted by Crippen LogP contribution is 2.38. The van der Waals surface area contributed by atoms with Gasteiger partial charge in [-0.3, -0.25) is 9.59 Å². The number of carbonyl (C=O) groups is 2. The van der Waals surface area contributed by atoms with E-state index in [1.165, 1.54) is 6.92 Å². The first-order chi connectivity index (χ1) is 25.1. The van der Waals surface area contributed by atoms with Crippen LogP contribution in [0.15, 0.2) is 36.0 Å². The Labute approximate surface area is 320 Å². The first kappa shape index (κ1) is 47.0. The van der Waals surface area contributed by atoms with Crippen LogP contribution in [0.3, 0.4) is 0 Å². The average Bonchev–Trinajstić information content (AvgIpc) is 3.84. The summed E-state index contributed by atoms with van der Waals surface area (Å²) in [4.78, 5) is 25.9. The maximum absolute atomic E-state index is 13.5. The Balaban J connectivity index is 2.28. The van der Waals surface area contributed by atoms with Crippen molar-refractivity contribution in [3.63, 3.8) is 0 Å². The lowest BCUT2D eigenvalue weighted by Gasteiger charge is -2.39. The van der Waals surface area contributed by atoms with E-state index in [9.17, 15) is 9.59 Å². The molecule has 53 heavy (non-hydrogen) atoms. The van der Waals surface area contributed by atoms with E-state index in [1.54, 1.807) is 0 Å². The second-order valence-electron chi connectivity index (χ2n) is 14.8. The van der Waals surface area contributed by atoms with Crippen molar-refractivity contribution in [3.05, 3.63) is 36.0 Å². The highest BCUT2D eigenvalue weighted by molar-refractivity contribution is 5.70. The van der Waals surface area contributed by atoms with Gasteiger partial charge in [0.2, 0.25) is 0 Å². The Hall–Kier alpha value is -2.12. The fourth-order valence-corrected chi connectivity index (χ4v) is 7.11. The average molecular weight is 753 g/mol. The molecule has 306 valence electrons. The van der Waals surface area contributed by atoms with Gasteiger partial charge in [0.15, 0.2) is 18.9 Å². The number of epoxide rings is 1. The molecule has 0 saturated carbocycles. The van der Waals surface area contributed by atoms with Gasteiger partial charge in [-0.25, -0.2) is 0 Å². The molecule has 0 aromatic carbocycles. The zero-order chi connectivity index (χ0) is 39.7.